The van der Waals surface area contributed by atoms with Crippen LogP contribution in [0.25, 0.3) is 22.2 Å². The van der Waals surface area contributed by atoms with Crippen LogP contribution in [0.4, 0.5) is 20.7 Å². The van der Waals surface area contributed by atoms with Crippen molar-refractivity contribution in [3.05, 3.63) is 73.2 Å². The van der Waals surface area contributed by atoms with Crippen LogP contribution in [0.3, 0.4) is 0 Å². The van der Waals surface area contributed by atoms with Crippen molar-refractivity contribution in [2.24, 2.45) is 7.05 Å². The Hall–Kier alpha value is -5.46. The Morgan fingerprint density at radius 3 is 2.53 bits per heavy atom. The largest absolute Gasteiger partial charge is 0.493 e. The summed E-state index contributed by atoms with van der Waals surface area (Å²) in [5.74, 6) is 1.58. The SMILES string of the molecule is COc1cc2ncnc(Nc3ccc(Oc4ccnc(-c5cnn(C)c5)c4)cc3F)c2cc1OC1CN(C(=O)OC(C)(C)C)C1. The highest BCUT2D eigenvalue weighted by Crippen LogP contribution is 2.37. The first-order valence-corrected chi connectivity index (χ1v) is 14.2. The minimum atomic E-state index is -0.578. The number of anilines is 2. The van der Waals surface area contributed by atoms with Crippen LogP contribution in [-0.4, -0.2) is 67.6 Å². The maximum Gasteiger partial charge on any atom is 0.410 e. The molecule has 0 atom stereocenters. The van der Waals surface area contributed by atoms with E-state index in [0.717, 1.165) is 5.56 Å². The van der Waals surface area contributed by atoms with Gasteiger partial charge in [-0.25, -0.2) is 19.2 Å². The predicted molar refractivity (Wildman–Crippen MR) is 165 cm³/mol. The Morgan fingerprint density at radius 1 is 1.02 bits per heavy atom. The average molecular weight is 614 g/mol. The third kappa shape index (κ3) is 6.71. The number of hydrogen-bond donors (Lipinski definition) is 1. The van der Waals surface area contributed by atoms with E-state index in [1.165, 1.54) is 19.5 Å². The number of benzene rings is 2. The van der Waals surface area contributed by atoms with Crippen molar-refractivity contribution >= 4 is 28.5 Å². The molecule has 1 N–H and O–H groups in total. The van der Waals surface area contributed by atoms with Gasteiger partial charge in [0.1, 0.15) is 41.2 Å². The van der Waals surface area contributed by atoms with Crippen LogP contribution < -0.4 is 19.5 Å². The zero-order valence-electron chi connectivity index (χ0n) is 25.4. The number of amides is 1. The molecule has 12 nitrogen and oxygen atoms in total. The van der Waals surface area contributed by atoms with E-state index < -0.39 is 11.4 Å². The molecule has 6 rings (SSSR count). The van der Waals surface area contributed by atoms with Gasteiger partial charge in [0.15, 0.2) is 11.5 Å². The highest BCUT2D eigenvalue weighted by molar-refractivity contribution is 5.93. The summed E-state index contributed by atoms with van der Waals surface area (Å²) >= 11 is 0. The molecule has 232 valence electrons. The first kappa shape index (κ1) is 29.6. The summed E-state index contributed by atoms with van der Waals surface area (Å²) in [5, 5.41) is 7.83. The highest BCUT2D eigenvalue weighted by Gasteiger charge is 2.35. The van der Waals surface area contributed by atoms with Crippen molar-refractivity contribution in [3.8, 4) is 34.3 Å². The van der Waals surface area contributed by atoms with Crippen molar-refractivity contribution in [2.45, 2.75) is 32.5 Å². The van der Waals surface area contributed by atoms with Gasteiger partial charge < -0.3 is 29.2 Å². The van der Waals surface area contributed by atoms with Gasteiger partial charge in [0.25, 0.3) is 0 Å². The van der Waals surface area contributed by atoms with Gasteiger partial charge in [0.2, 0.25) is 0 Å². The maximum absolute atomic E-state index is 15.3. The van der Waals surface area contributed by atoms with Gasteiger partial charge >= 0.3 is 6.09 Å². The van der Waals surface area contributed by atoms with Gasteiger partial charge in [-0.15, -0.1) is 0 Å². The second kappa shape index (κ2) is 11.9. The molecule has 0 aliphatic carbocycles. The lowest BCUT2D eigenvalue weighted by molar-refractivity contribution is -0.0225. The molecule has 5 aromatic rings. The van der Waals surface area contributed by atoms with Crippen molar-refractivity contribution < 1.29 is 28.1 Å². The summed E-state index contributed by atoms with van der Waals surface area (Å²) in [6.45, 7) is 6.21. The summed E-state index contributed by atoms with van der Waals surface area (Å²) in [4.78, 5) is 27.0. The number of aromatic nitrogens is 5. The van der Waals surface area contributed by atoms with E-state index >= 15 is 4.39 Å². The monoisotopic (exact) mass is 613 g/mol. The number of nitrogens with one attached hydrogen (secondary N) is 1. The summed E-state index contributed by atoms with van der Waals surface area (Å²) in [6, 6.07) is 11.4. The number of hydrogen-bond acceptors (Lipinski definition) is 10. The molecule has 4 heterocycles. The molecule has 13 heteroatoms. The van der Waals surface area contributed by atoms with Gasteiger partial charge in [-0.05, 0) is 45.0 Å². The lowest BCUT2D eigenvalue weighted by Crippen LogP contribution is -2.57. The Balaban J connectivity index is 1.17. The summed E-state index contributed by atoms with van der Waals surface area (Å²) in [5.41, 5.74) is 1.71. The molecule has 1 aliphatic rings. The fourth-order valence-electron chi connectivity index (χ4n) is 4.69. The number of likely N-dealkylation sites (tertiary alicyclic amines) is 1. The minimum absolute atomic E-state index is 0.193. The maximum atomic E-state index is 15.3. The third-order valence-electron chi connectivity index (χ3n) is 6.88. The Morgan fingerprint density at radius 2 is 1.82 bits per heavy atom. The number of carbonyl (C=O) groups is 1. The zero-order valence-corrected chi connectivity index (χ0v) is 25.4. The molecule has 0 spiro atoms. The molecule has 0 bridgehead atoms. The molecule has 3 aromatic heterocycles. The molecule has 1 saturated heterocycles. The van der Waals surface area contributed by atoms with E-state index in [4.69, 9.17) is 18.9 Å². The van der Waals surface area contributed by atoms with E-state index in [9.17, 15) is 4.79 Å². The van der Waals surface area contributed by atoms with E-state index in [-0.39, 0.29) is 17.9 Å². The van der Waals surface area contributed by atoms with Crippen LogP contribution >= 0.6 is 0 Å². The smallest absolute Gasteiger partial charge is 0.410 e. The summed E-state index contributed by atoms with van der Waals surface area (Å²) in [6.07, 6.45) is 5.92. The van der Waals surface area contributed by atoms with Crippen molar-refractivity contribution in [1.29, 1.82) is 0 Å². The van der Waals surface area contributed by atoms with E-state index in [2.05, 4.69) is 25.4 Å². The fourth-order valence-corrected chi connectivity index (χ4v) is 4.69. The standard InChI is InChI=1S/C32H32FN7O5/c1-32(2,3)45-31(41)40-16-22(17-40)44-29-12-23-27(13-28(29)42-5)35-18-36-30(23)38-25-7-6-20(10-24(25)33)43-21-8-9-34-26(11-21)19-14-37-39(4)15-19/h6-15,18,22H,16-17H2,1-5H3,(H,35,36,38). The number of pyridine rings is 1. The lowest BCUT2D eigenvalue weighted by Gasteiger charge is -2.39. The molecule has 1 fully saturated rings. The average Bonchev–Trinajstić information content (AvgIpc) is 3.41. The van der Waals surface area contributed by atoms with Crippen LogP contribution in [0.5, 0.6) is 23.0 Å². The minimum Gasteiger partial charge on any atom is -0.493 e. The normalized spacial score (nSPS) is 13.3. The summed E-state index contributed by atoms with van der Waals surface area (Å²) < 4.78 is 40.1. The van der Waals surface area contributed by atoms with Crippen molar-refractivity contribution in [1.82, 2.24) is 29.6 Å². The van der Waals surface area contributed by atoms with Crippen LogP contribution in [0.15, 0.2) is 67.4 Å². The molecule has 45 heavy (non-hydrogen) atoms. The molecule has 1 aliphatic heterocycles. The highest BCUT2D eigenvalue weighted by atomic mass is 19.1. The quantitative estimate of drug-likeness (QED) is 0.219. The number of methoxy groups -OCH3 is 1. The van der Waals surface area contributed by atoms with Gasteiger partial charge in [-0.1, -0.05) is 0 Å². The van der Waals surface area contributed by atoms with Gasteiger partial charge in [0, 0.05) is 48.6 Å². The number of rotatable bonds is 8. The molecule has 0 saturated carbocycles. The Labute approximate surface area is 258 Å². The number of carbonyl (C=O) groups excluding carboxylic acids is 1. The second-order valence-electron chi connectivity index (χ2n) is 11.5. The predicted octanol–water partition coefficient (Wildman–Crippen LogP) is 6.11. The number of fused-ring (bicyclic) bond motifs is 1. The lowest BCUT2D eigenvalue weighted by atomic mass is 10.1. The van der Waals surface area contributed by atoms with Crippen LogP contribution in [-0.2, 0) is 11.8 Å². The first-order valence-electron chi connectivity index (χ1n) is 14.2. The Bertz CT molecular complexity index is 1870. The molecular formula is C32H32FN7O5. The molecule has 2 aromatic carbocycles. The van der Waals surface area contributed by atoms with E-state index in [0.29, 0.717) is 58.5 Å². The second-order valence-corrected chi connectivity index (χ2v) is 11.5. The van der Waals surface area contributed by atoms with Crippen LogP contribution in [0, 0.1) is 5.82 Å². The third-order valence-corrected chi connectivity index (χ3v) is 6.88. The molecule has 0 radical (unpaired) electrons. The van der Waals surface area contributed by atoms with Crippen LogP contribution in [0.1, 0.15) is 20.8 Å². The number of aryl methyl sites for hydroxylation is 1. The van der Waals surface area contributed by atoms with E-state index in [1.54, 1.807) is 58.4 Å². The molecular weight excluding hydrogens is 581 g/mol. The topological polar surface area (TPSA) is 126 Å². The van der Waals surface area contributed by atoms with Gasteiger partial charge in [-0.2, -0.15) is 5.10 Å². The summed E-state index contributed by atoms with van der Waals surface area (Å²) in [7, 11) is 3.36. The fraction of sp³-hybridized carbons (Fsp3) is 0.281. The van der Waals surface area contributed by atoms with Gasteiger partial charge in [0.05, 0.1) is 43.3 Å². The van der Waals surface area contributed by atoms with Crippen molar-refractivity contribution in [3.63, 3.8) is 0 Å². The van der Waals surface area contributed by atoms with Crippen molar-refractivity contribution in [2.75, 3.05) is 25.5 Å². The van der Waals surface area contributed by atoms with Crippen LogP contribution in [0.2, 0.25) is 0 Å². The number of halogens is 1. The molecule has 1 amide bonds. The molecule has 0 unspecified atom stereocenters. The number of nitrogens with zero attached hydrogens (tertiary/aromatic N) is 6. The number of ether oxygens (including phenoxy) is 4. The first-order chi connectivity index (χ1) is 21.5. The Kier molecular flexibility index (Phi) is 7.83. The van der Waals surface area contributed by atoms with Gasteiger partial charge in [-0.3, -0.25) is 9.67 Å². The van der Waals surface area contributed by atoms with E-state index in [1.807, 2.05) is 34.0 Å². The zero-order chi connectivity index (χ0) is 31.7.